The quantitative estimate of drug-likeness (QED) is 0.0308. The number of nitro groups is 1. The second-order valence-corrected chi connectivity index (χ2v) is 17.7. The first-order chi connectivity index (χ1) is 33.4. The van der Waals surface area contributed by atoms with Gasteiger partial charge < -0.3 is 31.2 Å². The minimum atomic E-state index is -0.788. The second kappa shape index (κ2) is 21.4. The summed E-state index contributed by atoms with van der Waals surface area (Å²) in [7, 11) is 0. The molecule has 0 bridgehead atoms. The summed E-state index contributed by atoms with van der Waals surface area (Å²) >= 11 is 6.69. The maximum absolute atomic E-state index is 12.8. The van der Waals surface area contributed by atoms with E-state index >= 15 is 0 Å². The predicted molar refractivity (Wildman–Crippen MR) is 259 cm³/mol. The first-order valence-corrected chi connectivity index (χ1v) is 22.5. The number of H-pyrrole nitrogens is 2. The Morgan fingerprint density at radius 3 is 1.87 bits per heavy atom. The number of nitrogens with one attached hydrogen (secondary N) is 7. The van der Waals surface area contributed by atoms with Crippen LogP contribution in [0.25, 0.3) is 27.4 Å². The van der Waals surface area contributed by atoms with Crippen LogP contribution in [0, 0.1) is 27.8 Å². The van der Waals surface area contributed by atoms with E-state index in [0.29, 0.717) is 39.8 Å². The van der Waals surface area contributed by atoms with E-state index in [0.717, 1.165) is 25.6 Å². The van der Waals surface area contributed by atoms with Crippen molar-refractivity contribution in [2.24, 2.45) is 11.8 Å². The van der Waals surface area contributed by atoms with Gasteiger partial charge in [-0.05, 0) is 78.2 Å². The fourth-order valence-electron chi connectivity index (χ4n) is 7.51. The van der Waals surface area contributed by atoms with Crippen LogP contribution in [0.4, 0.5) is 20.6 Å². The van der Waals surface area contributed by atoms with Crippen LogP contribution in [0.15, 0.2) is 119 Å². The molecule has 0 saturated carbocycles. The molecular formula is C48H37Br2FN8O11. The Morgan fingerprint density at radius 2 is 1.27 bits per heavy atom. The van der Waals surface area contributed by atoms with Crippen molar-refractivity contribution in [2.45, 2.75) is 19.3 Å². The molecule has 0 radical (unpaired) electrons. The molecule has 356 valence electrons. The number of hydrogen-bond donors (Lipinski definition) is 7. The number of ketones is 5. The number of anilines is 1. The minimum absolute atomic E-state index is 0.0448. The number of amides is 5. The first-order valence-electron chi connectivity index (χ1n) is 21.0. The molecule has 2 atom stereocenters. The fraction of sp³-hybridized carbons (Fsp3) is 0.146. The van der Waals surface area contributed by atoms with E-state index in [2.05, 4.69) is 75.0 Å². The number of hydrogen-bond acceptors (Lipinski definition) is 12. The van der Waals surface area contributed by atoms with Crippen LogP contribution in [0.1, 0.15) is 44.7 Å². The largest absolute Gasteiger partial charge is 0.371 e. The molecule has 3 aliphatic rings. The Labute approximate surface area is 411 Å². The SMILES string of the molecule is C=C1NCC(CC(=O)C(=O)c2c[nH]c3ccc([N+](=O)[O-])cc23)C(=O)N1.O=C(Nc1ccc(F)cc1)C(=O)C1=CCc2ccc(Br)cc21.O=C1NCC(CC(=O)C(=O)c2c[nH]c3ccc(Br)cc23)C(=O)N1. The van der Waals surface area contributed by atoms with E-state index in [9.17, 15) is 57.7 Å². The van der Waals surface area contributed by atoms with Gasteiger partial charge in [0.2, 0.25) is 34.9 Å². The van der Waals surface area contributed by atoms with Gasteiger partial charge >= 0.3 is 6.03 Å². The number of carbonyl (C=O) groups excluding carboxylic acids is 9. The number of allylic oxidation sites excluding steroid dienone is 1. The first kappa shape index (κ1) is 49.7. The number of imide groups is 1. The molecule has 5 amide bonds. The maximum Gasteiger partial charge on any atom is 0.321 e. The van der Waals surface area contributed by atoms with Gasteiger partial charge in [-0.1, -0.05) is 50.6 Å². The molecule has 22 heteroatoms. The molecule has 2 fully saturated rings. The van der Waals surface area contributed by atoms with Gasteiger partial charge in [-0.25, -0.2) is 9.18 Å². The maximum atomic E-state index is 12.8. The monoisotopic (exact) mass is 1080 g/mol. The summed E-state index contributed by atoms with van der Waals surface area (Å²) in [6.45, 7) is 3.81. The van der Waals surface area contributed by atoms with Crippen molar-refractivity contribution in [1.82, 2.24) is 31.2 Å². The van der Waals surface area contributed by atoms with Crippen LogP contribution in [0.3, 0.4) is 0 Å². The molecule has 9 rings (SSSR count). The summed E-state index contributed by atoms with van der Waals surface area (Å²) < 4.78 is 14.5. The zero-order valence-electron chi connectivity index (χ0n) is 36.2. The van der Waals surface area contributed by atoms with Crippen LogP contribution in [0.2, 0.25) is 0 Å². The normalized spacial score (nSPS) is 15.8. The Kier molecular flexibility index (Phi) is 15.2. The van der Waals surface area contributed by atoms with Crippen LogP contribution < -0.4 is 26.6 Å². The predicted octanol–water partition coefficient (Wildman–Crippen LogP) is 6.29. The molecule has 2 aliphatic heterocycles. The molecular weight excluding hydrogens is 1040 g/mol. The molecule has 70 heavy (non-hydrogen) atoms. The van der Waals surface area contributed by atoms with Gasteiger partial charge in [0.15, 0.2) is 0 Å². The molecule has 2 unspecified atom stereocenters. The third-order valence-electron chi connectivity index (χ3n) is 11.1. The molecule has 2 aromatic heterocycles. The summed E-state index contributed by atoms with van der Waals surface area (Å²) in [6.07, 6.45) is 4.71. The number of Topliss-reactive ketones (excluding diaryl/α,β-unsaturated/α-hetero) is 5. The lowest BCUT2D eigenvalue weighted by atomic mass is 9.95. The van der Waals surface area contributed by atoms with E-state index in [-0.39, 0.29) is 48.7 Å². The number of aromatic amines is 2. The van der Waals surface area contributed by atoms with Crippen molar-refractivity contribution in [3.8, 4) is 0 Å². The highest BCUT2D eigenvalue weighted by molar-refractivity contribution is 9.10. The van der Waals surface area contributed by atoms with Crippen molar-refractivity contribution in [3.05, 3.63) is 157 Å². The molecule has 4 heterocycles. The summed E-state index contributed by atoms with van der Waals surface area (Å²) in [5, 5.41) is 24.1. The van der Waals surface area contributed by atoms with Gasteiger partial charge in [-0.15, -0.1) is 0 Å². The van der Waals surface area contributed by atoms with Gasteiger partial charge in [0.05, 0.1) is 33.7 Å². The van der Waals surface area contributed by atoms with Crippen molar-refractivity contribution in [3.63, 3.8) is 0 Å². The zero-order chi connectivity index (χ0) is 50.4. The number of halogens is 3. The third-order valence-corrected chi connectivity index (χ3v) is 12.1. The molecule has 1 aliphatic carbocycles. The van der Waals surface area contributed by atoms with Gasteiger partial charge in [0.1, 0.15) is 5.82 Å². The number of carbonyl (C=O) groups is 9. The van der Waals surface area contributed by atoms with Crippen LogP contribution in [-0.2, 0) is 35.2 Å². The average molecular weight is 1080 g/mol. The lowest BCUT2D eigenvalue weighted by Gasteiger charge is -2.24. The van der Waals surface area contributed by atoms with Crippen LogP contribution in [-0.4, -0.2) is 80.6 Å². The van der Waals surface area contributed by atoms with Gasteiger partial charge in [-0.3, -0.25) is 53.8 Å². The van der Waals surface area contributed by atoms with Crippen molar-refractivity contribution in [2.75, 3.05) is 18.4 Å². The van der Waals surface area contributed by atoms with Gasteiger partial charge in [-0.2, -0.15) is 0 Å². The summed E-state index contributed by atoms with van der Waals surface area (Å²) in [5.41, 5.74) is 3.97. The highest BCUT2D eigenvalue weighted by Gasteiger charge is 2.32. The minimum Gasteiger partial charge on any atom is -0.371 e. The standard InChI is InChI=1S/C17H11BrFNO2.C16H14N4O5.C15H12BrN3O4/c18-11-3-1-10-2-8-14(15(10)9-11)16(21)17(22)20-13-6-4-12(19)5-7-13;1-8-17-6-9(16(23)19-8)4-14(21)15(22)12-7-18-13-3-2-10(20(24)25)5-11(12)13;16-8-1-2-11-9(4-8)10(6-17-11)13(21)12(20)3-7-5-18-15(23)19-14(7)22/h1,3-9H,2H2,(H,20,22);2-3,5,7,9,17-18H,1,4,6H2,(H,19,23);1-2,4,6-7,17H,3,5H2,(H2,18,19,22,23). The number of fused-ring (bicyclic) bond motifs is 3. The second-order valence-electron chi connectivity index (χ2n) is 15.8. The number of rotatable bonds is 12. The van der Waals surface area contributed by atoms with Crippen molar-refractivity contribution in [1.29, 1.82) is 0 Å². The fourth-order valence-corrected chi connectivity index (χ4v) is 8.23. The van der Waals surface area contributed by atoms with Crippen molar-refractivity contribution >= 4 is 123 Å². The van der Waals surface area contributed by atoms with E-state index in [1.54, 1.807) is 18.2 Å². The van der Waals surface area contributed by atoms with Gasteiger partial charge in [0, 0.05) is 92.5 Å². The lowest BCUT2D eigenvalue weighted by molar-refractivity contribution is -0.384. The number of nitro benzene ring substituents is 1. The molecule has 2 saturated heterocycles. The molecule has 6 aromatic rings. The number of non-ortho nitro benzene ring substituents is 1. The summed E-state index contributed by atoms with van der Waals surface area (Å²) in [5.74, 6) is -6.55. The highest BCUT2D eigenvalue weighted by atomic mass is 79.9. The third kappa shape index (κ3) is 11.5. The smallest absolute Gasteiger partial charge is 0.321 e. The van der Waals surface area contributed by atoms with E-state index < -0.39 is 69.3 Å². The Balaban J connectivity index is 0.000000155. The van der Waals surface area contributed by atoms with E-state index in [4.69, 9.17) is 0 Å². The molecule has 4 aromatic carbocycles. The number of nitrogens with zero attached hydrogens (tertiary/aromatic N) is 1. The summed E-state index contributed by atoms with van der Waals surface area (Å²) in [4.78, 5) is 124. The van der Waals surface area contributed by atoms with Crippen LogP contribution in [0.5, 0.6) is 0 Å². The molecule has 0 spiro atoms. The number of aromatic nitrogens is 2. The Bertz CT molecular complexity index is 3250. The van der Waals surface area contributed by atoms with E-state index in [1.165, 1.54) is 54.9 Å². The summed E-state index contributed by atoms with van der Waals surface area (Å²) in [6, 6.07) is 19.7. The Hall–Kier alpha value is -8.24. The average Bonchev–Trinajstić information content (AvgIpc) is 4.08. The van der Waals surface area contributed by atoms with E-state index in [1.807, 2.05) is 24.3 Å². The Morgan fingerprint density at radius 1 is 0.714 bits per heavy atom. The zero-order valence-corrected chi connectivity index (χ0v) is 39.4. The van der Waals surface area contributed by atoms with Crippen LogP contribution >= 0.6 is 31.9 Å². The highest BCUT2D eigenvalue weighted by Crippen LogP contribution is 2.31. The molecule has 19 nitrogen and oxygen atoms in total. The molecule has 7 N–H and O–H groups in total. The van der Waals surface area contributed by atoms with Crippen molar-refractivity contribution < 1.29 is 52.5 Å². The van der Waals surface area contributed by atoms with Gasteiger partial charge in [0.25, 0.3) is 17.4 Å². The number of benzene rings is 4. The topological polar surface area (TPSA) is 288 Å². The lowest BCUT2D eigenvalue weighted by Crippen LogP contribution is -2.52. The number of urea groups is 1.